The van der Waals surface area contributed by atoms with Crippen molar-refractivity contribution in [2.75, 3.05) is 18.0 Å². The fraction of sp³-hybridized carbons (Fsp3) is 0.682. The van der Waals surface area contributed by atoms with E-state index in [4.69, 9.17) is 9.40 Å². The molecule has 2 aliphatic rings. The van der Waals surface area contributed by atoms with Crippen LogP contribution in [0.15, 0.2) is 4.42 Å². The van der Waals surface area contributed by atoms with Crippen molar-refractivity contribution < 1.29 is 9.21 Å². The first-order valence-corrected chi connectivity index (χ1v) is 10.8. The third-order valence-electron chi connectivity index (χ3n) is 6.41. The molecule has 0 unspecified atom stereocenters. The Bertz CT molecular complexity index is 852. The van der Waals surface area contributed by atoms with Crippen LogP contribution in [-0.2, 0) is 4.79 Å². The van der Waals surface area contributed by atoms with E-state index in [1.165, 1.54) is 25.7 Å². The summed E-state index contributed by atoms with van der Waals surface area (Å²) >= 11 is 0. The molecule has 2 aromatic rings. The van der Waals surface area contributed by atoms with Gasteiger partial charge in [0, 0.05) is 24.7 Å². The van der Waals surface area contributed by atoms with Gasteiger partial charge in [-0.25, -0.2) is 4.98 Å². The van der Waals surface area contributed by atoms with E-state index in [-0.39, 0.29) is 11.8 Å². The summed E-state index contributed by atoms with van der Waals surface area (Å²) in [7, 11) is 0. The predicted octanol–water partition coefficient (Wildman–Crippen LogP) is 4.20. The lowest BCUT2D eigenvalue weighted by atomic mass is 9.96. The summed E-state index contributed by atoms with van der Waals surface area (Å²) in [6.07, 6.45) is 9.28. The van der Waals surface area contributed by atoms with Crippen molar-refractivity contribution in [3.8, 4) is 0 Å². The molecule has 3 heterocycles. The average Bonchev–Trinajstić information content (AvgIpc) is 2.86. The van der Waals surface area contributed by atoms with Gasteiger partial charge in [-0.15, -0.1) is 0 Å². The summed E-state index contributed by atoms with van der Waals surface area (Å²) in [5.74, 6) is 2.76. The molecule has 1 aliphatic heterocycles. The van der Waals surface area contributed by atoms with Crippen molar-refractivity contribution in [2.24, 2.45) is 5.92 Å². The summed E-state index contributed by atoms with van der Waals surface area (Å²) in [4.78, 5) is 24.4. The number of nitrogens with zero attached hydrogens (tertiary/aromatic N) is 3. The summed E-state index contributed by atoms with van der Waals surface area (Å²) in [6.45, 7) is 7.56. The third kappa shape index (κ3) is 3.87. The molecular formula is C22H32N4O2. The fourth-order valence-corrected chi connectivity index (χ4v) is 4.69. The molecule has 1 amide bonds. The van der Waals surface area contributed by atoms with Gasteiger partial charge in [-0.3, -0.25) is 4.79 Å². The highest BCUT2D eigenvalue weighted by molar-refractivity contribution is 5.90. The standard InChI is InChI=1S/C22H32N4O2/c1-14-15(2)28-22-19(14)20(23-16(3)24-22)26-12-8-9-17(13-26)21(27)25-18-10-6-4-5-7-11-18/h17-18H,4-13H2,1-3H3,(H,25,27)/t17-/m0/s1. The van der Waals surface area contributed by atoms with Gasteiger partial charge in [0.2, 0.25) is 11.6 Å². The van der Waals surface area contributed by atoms with Crippen molar-refractivity contribution >= 4 is 22.8 Å². The summed E-state index contributed by atoms with van der Waals surface area (Å²) < 4.78 is 5.84. The van der Waals surface area contributed by atoms with Crippen LogP contribution < -0.4 is 10.2 Å². The second-order valence-electron chi connectivity index (χ2n) is 8.54. The highest BCUT2D eigenvalue weighted by atomic mass is 16.3. The highest BCUT2D eigenvalue weighted by Gasteiger charge is 2.30. The number of anilines is 1. The van der Waals surface area contributed by atoms with Crippen molar-refractivity contribution in [1.82, 2.24) is 15.3 Å². The van der Waals surface area contributed by atoms with Gasteiger partial charge in [0.05, 0.1) is 11.3 Å². The van der Waals surface area contributed by atoms with Gasteiger partial charge in [0.25, 0.3) is 0 Å². The maximum atomic E-state index is 13.0. The van der Waals surface area contributed by atoms with Gasteiger partial charge in [-0.05, 0) is 46.5 Å². The minimum absolute atomic E-state index is 0.0237. The van der Waals surface area contributed by atoms with Crippen molar-refractivity contribution in [3.63, 3.8) is 0 Å². The number of furan rings is 1. The Morgan fingerprint density at radius 3 is 2.54 bits per heavy atom. The van der Waals surface area contributed by atoms with Gasteiger partial charge >= 0.3 is 0 Å². The smallest absolute Gasteiger partial charge is 0.231 e. The number of carbonyl (C=O) groups is 1. The molecule has 2 fully saturated rings. The molecular weight excluding hydrogens is 352 g/mol. The monoisotopic (exact) mass is 384 g/mol. The van der Waals surface area contributed by atoms with E-state index in [0.29, 0.717) is 24.1 Å². The zero-order valence-electron chi connectivity index (χ0n) is 17.4. The molecule has 1 N–H and O–H groups in total. The molecule has 6 nitrogen and oxygen atoms in total. The number of carbonyl (C=O) groups excluding carboxylic acids is 1. The van der Waals surface area contributed by atoms with E-state index < -0.39 is 0 Å². The SMILES string of the molecule is Cc1nc(N2CCC[C@H](C(=O)NC3CCCCCC3)C2)c2c(C)c(C)oc2n1. The van der Waals surface area contributed by atoms with Gasteiger partial charge < -0.3 is 14.6 Å². The van der Waals surface area contributed by atoms with Crippen LogP contribution in [0.1, 0.15) is 68.5 Å². The largest absolute Gasteiger partial charge is 0.443 e. The van der Waals surface area contributed by atoms with Crippen molar-refractivity contribution in [2.45, 2.75) is 78.2 Å². The lowest BCUT2D eigenvalue weighted by Crippen LogP contribution is -2.46. The zero-order valence-corrected chi connectivity index (χ0v) is 17.4. The second-order valence-corrected chi connectivity index (χ2v) is 8.54. The number of aryl methyl sites for hydroxylation is 3. The van der Waals surface area contributed by atoms with E-state index in [2.05, 4.69) is 22.1 Å². The van der Waals surface area contributed by atoms with Crippen LogP contribution in [-0.4, -0.2) is 35.0 Å². The first-order chi connectivity index (χ1) is 13.5. The lowest BCUT2D eigenvalue weighted by molar-refractivity contribution is -0.126. The van der Waals surface area contributed by atoms with Gasteiger partial charge in [-0.1, -0.05) is 25.7 Å². The Balaban J connectivity index is 1.52. The number of nitrogens with one attached hydrogen (secondary N) is 1. The molecule has 152 valence electrons. The number of piperidine rings is 1. The van der Waals surface area contributed by atoms with Crippen LogP contribution in [0.2, 0.25) is 0 Å². The van der Waals surface area contributed by atoms with Crippen LogP contribution in [0.4, 0.5) is 5.82 Å². The molecule has 4 rings (SSSR count). The van der Waals surface area contributed by atoms with Gasteiger partial charge in [0.15, 0.2) is 0 Å². The minimum atomic E-state index is 0.0237. The number of aromatic nitrogens is 2. The Morgan fingerprint density at radius 1 is 1.04 bits per heavy atom. The zero-order chi connectivity index (χ0) is 19.7. The molecule has 28 heavy (non-hydrogen) atoms. The van der Waals surface area contributed by atoms with Crippen molar-refractivity contribution in [3.05, 3.63) is 17.1 Å². The van der Waals surface area contributed by atoms with Gasteiger partial charge in [-0.2, -0.15) is 4.98 Å². The van der Waals surface area contributed by atoms with E-state index in [1.807, 2.05) is 13.8 Å². The third-order valence-corrected chi connectivity index (χ3v) is 6.41. The minimum Gasteiger partial charge on any atom is -0.443 e. The molecule has 6 heteroatoms. The Kier molecular flexibility index (Phi) is 5.56. The predicted molar refractivity (Wildman–Crippen MR) is 111 cm³/mol. The topological polar surface area (TPSA) is 71.3 Å². The highest BCUT2D eigenvalue weighted by Crippen LogP contribution is 2.33. The van der Waals surface area contributed by atoms with E-state index >= 15 is 0 Å². The van der Waals surface area contributed by atoms with E-state index in [9.17, 15) is 4.79 Å². The molecule has 1 atom stereocenters. The van der Waals surface area contributed by atoms with Crippen LogP contribution in [0.25, 0.3) is 11.1 Å². The molecule has 1 saturated carbocycles. The maximum absolute atomic E-state index is 13.0. The first-order valence-electron chi connectivity index (χ1n) is 10.8. The number of hydrogen-bond acceptors (Lipinski definition) is 5. The number of rotatable bonds is 3. The second kappa shape index (κ2) is 8.10. The molecule has 0 bridgehead atoms. The fourth-order valence-electron chi connectivity index (χ4n) is 4.69. The van der Waals surface area contributed by atoms with Crippen LogP contribution in [0, 0.1) is 26.7 Å². The summed E-state index contributed by atoms with van der Waals surface area (Å²) in [6, 6.07) is 0.358. The van der Waals surface area contributed by atoms with Crippen LogP contribution >= 0.6 is 0 Å². The summed E-state index contributed by atoms with van der Waals surface area (Å²) in [5, 5.41) is 4.34. The molecule has 0 aromatic carbocycles. The molecule has 2 aromatic heterocycles. The normalized spacial score (nSPS) is 21.7. The number of fused-ring (bicyclic) bond motifs is 1. The van der Waals surface area contributed by atoms with E-state index in [0.717, 1.165) is 54.8 Å². The first kappa shape index (κ1) is 19.2. The number of hydrogen-bond donors (Lipinski definition) is 1. The Labute approximate surface area is 167 Å². The average molecular weight is 385 g/mol. The van der Waals surface area contributed by atoms with Crippen molar-refractivity contribution in [1.29, 1.82) is 0 Å². The molecule has 1 aliphatic carbocycles. The molecule has 0 radical (unpaired) electrons. The lowest BCUT2D eigenvalue weighted by Gasteiger charge is -2.34. The molecule has 0 spiro atoms. The number of amides is 1. The van der Waals surface area contributed by atoms with Crippen LogP contribution in [0.3, 0.4) is 0 Å². The Morgan fingerprint density at radius 2 is 1.79 bits per heavy atom. The van der Waals surface area contributed by atoms with Gasteiger partial charge in [0.1, 0.15) is 17.4 Å². The quantitative estimate of drug-likeness (QED) is 0.803. The Hall–Kier alpha value is -2.11. The maximum Gasteiger partial charge on any atom is 0.231 e. The molecule has 1 saturated heterocycles. The summed E-state index contributed by atoms with van der Waals surface area (Å²) in [5.41, 5.74) is 1.75. The van der Waals surface area contributed by atoms with E-state index in [1.54, 1.807) is 0 Å². The van der Waals surface area contributed by atoms with Crippen LogP contribution in [0.5, 0.6) is 0 Å².